The Hall–Kier alpha value is -12.6. The minimum Gasteiger partial charge on any atom is -0.381 e. The van der Waals surface area contributed by atoms with Gasteiger partial charge in [0.15, 0.2) is 23.2 Å². The number of anilines is 12. The van der Waals surface area contributed by atoms with Crippen molar-refractivity contribution in [1.82, 2.24) is 34.8 Å². The van der Waals surface area contributed by atoms with Crippen molar-refractivity contribution in [3.63, 3.8) is 0 Å². The monoisotopic (exact) mass is 1720 g/mol. The summed E-state index contributed by atoms with van der Waals surface area (Å²) in [6.45, 7) is 1.42. The molecule has 10 aliphatic rings. The third-order valence-electron chi connectivity index (χ3n) is 27.7. The number of ether oxygens (including phenoxy) is 2. The van der Waals surface area contributed by atoms with Crippen molar-refractivity contribution in [3.8, 4) is 33.7 Å². The van der Waals surface area contributed by atoms with Gasteiger partial charge in [0.25, 0.3) is 0 Å². The summed E-state index contributed by atoms with van der Waals surface area (Å²) in [5.74, 6) is -0.487. The minimum atomic E-state index is -1.45. The maximum Gasteiger partial charge on any atom is 0.230 e. The molecule has 7 aromatic heterocycles. The Morgan fingerprint density at radius 1 is 0.496 bits per heavy atom. The zero-order valence-corrected chi connectivity index (χ0v) is 71.5. The molecule has 5 fully saturated rings. The lowest BCUT2D eigenvalue weighted by Gasteiger charge is -2.36. The third-order valence-corrected chi connectivity index (χ3v) is 28.7. The first kappa shape index (κ1) is 81.4. The highest BCUT2D eigenvalue weighted by Crippen LogP contribution is 2.52. The summed E-state index contributed by atoms with van der Waals surface area (Å²) in [5.41, 5.74) is 14.7. The molecule has 0 bridgehead atoms. The highest BCUT2D eigenvalue weighted by atomic mass is 32.1. The lowest BCUT2D eigenvalue weighted by Crippen LogP contribution is -2.40. The number of nitrogens with zero attached hydrogens (tertiary/aromatic N) is 16. The van der Waals surface area contributed by atoms with Gasteiger partial charge >= 0.3 is 0 Å². The fourth-order valence-corrected chi connectivity index (χ4v) is 21.4. The number of carbonyl (C=O) groups excluding carboxylic acids is 4. The van der Waals surface area contributed by atoms with Gasteiger partial charge < -0.3 is 39.5 Å². The standard InChI is InChI=1S/C99H97N17O10S/c1-122-75-29-17-63(18-30-75)96(118)110-58-71-9-3-45-103-92(71)113(83-39-25-67(50-87(83)110)62-15-13-61(54-100)14-16-62)124-77-35-23-66(24-36-77)98(120)112-60-73-11-5-47-105-94(73)115(85-41-27-69(52-89(85)112)90-42-37-79(55-101)127-90)126-78-33-21-65(22-34-78)97(119)111-59-72-10-4-46-104-93(72)114(84-40-26-68(51-88(84)111)80-56-107-116-82(80)12-6-48-106-116)125-76-31-19-64(20-32-76)95(117)109-57-70-8-2-44-102-91(70)108-81-38-28-74(53-86(81)109)99(121)43-7-49-123-99/h2-6,8-12,15,25-28,37-42,44-48,50-53,56,61,63-66,75-78,121H,7,13-14,16-24,29-36,43,49,57-60H2,1H3,(H,102,108). The Kier molecular flexibility index (Phi) is 22.2. The van der Waals surface area contributed by atoms with E-state index in [-0.39, 0.29) is 85.4 Å². The van der Waals surface area contributed by atoms with Crippen LogP contribution in [0.5, 0.6) is 0 Å². The number of nitrogens with one attached hydrogen (secondary N) is 1. The Bertz CT molecular complexity index is 6200. The van der Waals surface area contributed by atoms with Crippen LogP contribution in [-0.2, 0) is 75.1 Å². The number of carbonyl (C=O) groups is 4. The topological polar surface area (TPSA) is 299 Å². The number of amides is 4. The molecule has 27 nitrogen and oxygen atoms in total. The molecule has 4 aromatic carbocycles. The van der Waals surface area contributed by atoms with Gasteiger partial charge in [-0.1, -0.05) is 54.6 Å². The second-order valence-corrected chi connectivity index (χ2v) is 36.3. The van der Waals surface area contributed by atoms with Crippen LogP contribution in [-0.4, -0.2) is 102 Å². The van der Waals surface area contributed by atoms with Crippen molar-refractivity contribution in [2.45, 2.75) is 191 Å². The molecule has 127 heavy (non-hydrogen) atoms. The number of aliphatic hydroxyl groups is 1. The molecule has 0 spiro atoms. The third kappa shape index (κ3) is 15.7. The fourth-order valence-electron chi connectivity index (χ4n) is 20.6. The van der Waals surface area contributed by atoms with Crippen LogP contribution in [0.3, 0.4) is 0 Å². The van der Waals surface area contributed by atoms with Gasteiger partial charge in [-0.15, -0.1) is 11.3 Å². The van der Waals surface area contributed by atoms with Gasteiger partial charge in [0.05, 0.1) is 126 Å². The number of allylic oxidation sites excluding steroid dienone is 2. The summed E-state index contributed by atoms with van der Waals surface area (Å²) in [6.07, 6.45) is 24.6. The summed E-state index contributed by atoms with van der Waals surface area (Å²) in [4.78, 5) is 113. The van der Waals surface area contributed by atoms with Gasteiger partial charge in [0, 0.05) is 106 Å². The number of benzene rings is 4. The normalized spacial score (nSPS) is 23.8. The SMILES string of the molecule is COC1CCC(C(=O)N2Cc3cccnc3N(OC3CCC(C(=O)N4Cc5cccnc5N(OC5CCC(C(=O)N6Cc7cccnc7N(OC7CCC(C(=O)N8Cc9cccnc9Nc9ccc(C%10(O)CCCO%10)cc98)CC7)c7ccc(-c8cnn9ncccc89)cc76)CC5)c5ccc(-c6ccc(C#N)s6)cc54)CC3)c3ccc(C4=CCC(C#N)CC4)cc32)CC1. The van der Waals surface area contributed by atoms with Gasteiger partial charge in [0.1, 0.15) is 16.8 Å². The van der Waals surface area contributed by atoms with E-state index in [0.717, 1.165) is 111 Å². The molecule has 2 unspecified atom stereocenters. The average molecular weight is 1720 g/mol. The predicted octanol–water partition coefficient (Wildman–Crippen LogP) is 18.6. The van der Waals surface area contributed by atoms with Crippen molar-refractivity contribution < 1.29 is 48.3 Å². The van der Waals surface area contributed by atoms with E-state index in [0.29, 0.717) is 177 Å². The Morgan fingerprint density at radius 3 is 1.47 bits per heavy atom. The molecule has 11 aromatic rings. The number of hydrogen-bond acceptors (Lipinski definition) is 23. The zero-order chi connectivity index (χ0) is 86.0. The molecule has 4 amide bonds. The molecule has 2 atom stereocenters. The fraction of sp³-hybridized carbons (Fsp3) is 0.374. The van der Waals surface area contributed by atoms with Crippen LogP contribution in [0.4, 0.5) is 68.8 Å². The van der Waals surface area contributed by atoms with Crippen LogP contribution < -0.4 is 40.1 Å². The first-order valence-corrected chi connectivity index (χ1v) is 45.6. The van der Waals surface area contributed by atoms with Crippen LogP contribution in [0, 0.1) is 52.3 Å². The number of rotatable bonds is 15. The Labute approximate surface area is 739 Å². The van der Waals surface area contributed by atoms with Crippen LogP contribution >= 0.6 is 11.3 Å². The number of nitriles is 2. The molecule has 5 aliphatic carbocycles. The molecule has 0 radical (unpaired) electrons. The number of aromatic nitrogens is 7. The largest absolute Gasteiger partial charge is 0.381 e. The number of fused-ring (bicyclic) bond motifs is 9. The molecule has 28 heteroatoms. The first-order chi connectivity index (χ1) is 62.2. The number of methoxy groups -OCH3 is 1. The van der Waals surface area contributed by atoms with Crippen LogP contribution in [0.1, 0.15) is 173 Å². The molecular weight excluding hydrogens is 1620 g/mol. The van der Waals surface area contributed by atoms with E-state index in [1.54, 1.807) is 48.9 Å². The summed E-state index contributed by atoms with van der Waals surface area (Å²) >= 11 is 1.39. The maximum atomic E-state index is 16.1. The van der Waals surface area contributed by atoms with E-state index >= 15 is 19.2 Å². The lowest BCUT2D eigenvalue weighted by molar-refractivity contribution is -0.179. The number of pyridine rings is 4. The number of hydrogen-bond donors (Lipinski definition) is 2. The summed E-state index contributed by atoms with van der Waals surface area (Å²) < 4.78 is 13.2. The average Bonchev–Trinajstić information content (AvgIpc) is 1.64. The lowest BCUT2D eigenvalue weighted by atomic mass is 9.85. The molecule has 644 valence electrons. The van der Waals surface area contributed by atoms with Crippen molar-refractivity contribution in [2.24, 2.45) is 29.6 Å². The zero-order valence-electron chi connectivity index (χ0n) is 70.7. The Balaban J connectivity index is 0.536. The maximum absolute atomic E-state index is 16.1. The van der Waals surface area contributed by atoms with Crippen LogP contribution in [0.2, 0.25) is 0 Å². The van der Waals surface area contributed by atoms with Crippen LogP contribution in [0.15, 0.2) is 189 Å². The van der Waals surface area contributed by atoms with E-state index < -0.39 is 17.6 Å². The second-order valence-electron chi connectivity index (χ2n) is 35.3. The summed E-state index contributed by atoms with van der Waals surface area (Å²) in [5, 5.41) is 49.6. The molecule has 4 saturated carbocycles. The van der Waals surface area contributed by atoms with Crippen molar-refractivity contribution in [3.05, 3.63) is 227 Å². The predicted molar refractivity (Wildman–Crippen MR) is 480 cm³/mol. The van der Waals surface area contributed by atoms with E-state index in [1.807, 2.05) is 156 Å². The van der Waals surface area contributed by atoms with E-state index in [9.17, 15) is 15.6 Å². The molecule has 1 saturated heterocycles. The molecule has 12 heterocycles. The molecule has 5 aliphatic heterocycles. The summed E-state index contributed by atoms with van der Waals surface area (Å²) in [6, 6.07) is 52.0. The Morgan fingerprint density at radius 2 is 0.976 bits per heavy atom. The van der Waals surface area contributed by atoms with Gasteiger partial charge in [-0.2, -0.15) is 25.4 Å². The van der Waals surface area contributed by atoms with E-state index in [1.165, 1.54) is 11.3 Å². The smallest absolute Gasteiger partial charge is 0.230 e. The quantitative estimate of drug-likeness (QED) is 0.0963. The van der Waals surface area contributed by atoms with E-state index in [4.69, 9.17) is 38.9 Å². The highest BCUT2D eigenvalue weighted by molar-refractivity contribution is 7.16. The van der Waals surface area contributed by atoms with E-state index in [2.05, 4.69) is 63.0 Å². The van der Waals surface area contributed by atoms with Gasteiger partial charge in [0.2, 0.25) is 23.6 Å². The van der Waals surface area contributed by atoms with Crippen LogP contribution in [0.25, 0.3) is 32.7 Å². The molecule has 2 N–H and O–H groups in total. The van der Waals surface area contributed by atoms with Crippen molar-refractivity contribution in [2.75, 3.05) is 53.8 Å². The van der Waals surface area contributed by atoms with Crippen molar-refractivity contribution >= 4 is 115 Å². The number of thiophene rings is 1. The minimum absolute atomic E-state index is 0.0238. The first-order valence-electron chi connectivity index (χ1n) is 44.8. The van der Waals surface area contributed by atoms with Gasteiger partial charge in [-0.05, 0) is 248 Å². The van der Waals surface area contributed by atoms with Crippen molar-refractivity contribution in [1.29, 1.82) is 10.5 Å². The molecule has 21 rings (SSSR count). The second kappa shape index (κ2) is 34.6. The summed E-state index contributed by atoms with van der Waals surface area (Å²) in [7, 11) is 1.75. The van der Waals surface area contributed by atoms with Gasteiger partial charge in [-0.25, -0.2) is 35.1 Å². The van der Waals surface area contributed by atoms with Gasteiger partial charge in [-0.3, -0.25) is 33.7 Å². The molecular formula is C99H97N17O10S. The highest BCUT2D eigenvalue weighted by Gasteiger charge is 2.45.